The molecule has 2 heterocycles. The van der Waals surface area contributed by atoms with E-state index in [0.717, 1.165) is 31.5 Å². The third-order valence-electron chi connectivity index (χ3n) is 3.12. The molecule has 3 rings (SSSR count). The predicted octanol–water partition coefficient (Wildman–Crippen LogP) is 5.16. The van der Waals surface area contributed by atoms with Gasteiger partial charge < -0.3 is 10.2 Å². The number of rotatable bonds is 2. The summed E-state index contributed by atoms with van der Waals surface area (Å²) in [6, 6.07) is 9.04. The fourth-order valence-electron chi connectivity index (χ4n) is 2.13. The first kappa shape index (κ1) is 13.0. The minimum Gasteiger partial charge on any atom is -0.459 e. The molecule has 0 aliphatic carbocycles. The molecule has 0 aliphatic heterocycles. The van der Waals surface area contributed by atoms with Crippen molar-refractivity contribution in [1.29, 1.82) is 0 Å². The highest BCUT2D eigenvalue weighted by Gasteiger charge is 2.20. The molecule has 0 amide bonds. The average Bonchev–Trinajstić information content (AvgIpc) is 2.94. The second-order valence-electron chi connectivity index (χ2n) is 4.35. The largest absolute Gasteiger partial charge is 0.459 e. The summed E-state index contributed by atoms with van der Waals surface area (Å²) in [6.07, 6.45) is 0. The van der Waals surface area contributed by atoms with E-state index in [4.69, 9.17) is 33.4 Å². The Labute approximate surface area is 124 Å². The van der Waals surface area contributed by atoms with Crippen molar-refractivity contribution in [3.63, 3.8) is 0 Å². The van der Waals surface area contributed by atoms with Crippen molar-refractivity contribution in [2.75, 3.05) is 0 Å². The molecule has 1 unspecified atom stereocenters. The zero-order chi connectivity index (χ0) is 13.6. The first-order valence-corrected chi connectivity index (χ1v) is 7.33. The Morgan fingerprint density at radius 2 is 2.00 bits per heavy atom. The maximum Gasteiger partial charge on any atom is 0.134 e. The van der Waals surface area contributed by atoms with Crippen molar-refractivity contribution in [3.8, 4) is 0 Å². The number of furan rings is 1. The molecular weight excluding hydrogens is 301 g/mol. The van der Waals surface area contributed by atoms with Gasteiger partial charge in [-0.2, -0.15) is 0 Å². The van der Waals surface area contributed by atoms with E-state index in [-0.39, 0.29) is 6.04 Å². The van der Waals surface area contributed by atoms with Crippen LogP contribution in [0.25, 0.3) is 11.0 Å². The third kappa shape index (κ3) is 2.28. The highest BCUT2D eigenvalue weighted by atomic mass is 35.5. The van der Waals surface area contributed by atoms with Crippen LogP contribution in [-0.4, -0.2) is 0 Å². The van der Waals surface area contributed by atoms with Gasteiger partial charge in [-0.3, -0.25) is 0 Å². The van der Waals surface area contributed by atoms with E-state index in [0.29, 0.717) is 5.02 Å². The van der Waals surface area contributed by atoms with Crippen molar-refractivity contribution in [2.24, 2.45) is 5.73 Å². The fraction of sp³-hybridized carbons (Fsp3) is 0.143. The van der Waals surface area contributed by atoms with E-state index in [2.05, 4.69) is 0 Å². The highest BCUT2D eigenvalue weighted by molar-refractivity contribution is 7.16. The molecule has 3 aromatic rings. The summed E-state index contributed by atoms with van der Waals surface area (Å²) in [5, 5.41) is 1.69. The lowest BCUT2D eigenvalue weighted by Crippen LogP contribution is -2.10. The first-order valence-electron chi connectivity index (χ1n) is 5.75. The van der Waals surface area contributed by atoms with Gasteiger partial charge in [-0.1, -0.05) is 23.2 Å². The van der Waals surface area contributed by atoms with Gasteiger partial charge in [0.05, 0.1) is 10.4 Å². The van der Waals surface area contributed by atoms with Gasteiger partial charge in [0.15, 0.2) is 0 Å². The summed E-state index contributed by atoms with van der Waals surface area (Å²) >= 11 is 13.4. The van der Waals surface area contributed by atoms with Gasteiger partial charge in [0.25, 0.3) is 0 Å². The Morgan fingerprint density at radius 1 is 1.21 bits per heavy atom. The molecule has 0 aliphatic rings. The maximum atomic E-state index is 6.26. The van der Waals surface area contributed by atoms with E-state index in [1.54, 1.807) is 0 Å². The number of aryl methyl sites for hydroxylation is 1. The Hall–Kier alpha value is -1.00. The highest BCUT2D eigenvalue weighted by Crippen LogP contribution is 2.35. The molecule has 2 aromatic heterocycles. The molecule has 0 bridgehead atoms. The van der Waals surface area contributed by atoms with Gasteiger partial charge >= 0.3 is 0 Å². The number of thiophene rings is 1. The van der Waals surface area contributed by atoms with Crippen LogP contribution in [0.5, 0.6) is 0 Å². The molecule has 1 aromatic carbocycles. The molecule has 0 saturated heterocycles. The molecule has 0 radical (unpaired) electrons. The van der Waals surface area contributed by atoms with Crippen LogP contribution in [0.2, 0.25) is 9.36 Å². The average molecular weight is 312 g/mol. The van der Waals surface area contributed by atoms with Crippen molar-refractivity contribution in [1.82, 2.24) is 0 Å². The quantitative estimate of drug-likeness (QED) is 0.710. The maximum absolute atomic E-state index is 6.26. The minimum absolute atomic E-state index is 0.302. The van der Waals surface area contributed by atoms with Crippen LogP contribution in [0.15, 0.2) is 34.7 Å². The van der Waals surface area contributed by atoms with Gasteiger partial charge in [-0.15, -0.1) is 11.3 Å². The van der Waals surface area contributed by atoms with Crippen molar-refractivity contribution in [3.05, 3.63) is 55.9 Å². The molecule has 5 heteroatoms. The molecule has 19 heavy (non-hydrogen) atoms. The van der Waals surface area contributed by atoms with E-state index in [1.807, 2.05) is 37.3 Å². The second kappa shape index (κ2) is 4.84. The van der Waals surface area contributed by atoms with Crippen molar-refractivity contribution >= 4 is 45.5 Å². The van der Waals surface area contributed by atoms with E-state index in [1.165, 1.54) is 11.3 Å². The first-order chi connectivity index (χ1) is 9.06. The molecule has 1 atom stereocenters. The third-order valence-corrected chi connectivity index (χ3v) is 4.67. The Balaban J connectivity index is 2.12. The van der Waals surface area contributed by atoms with Crippen LogP contribution in [0.1, 0.15) is 22.2 Å². The van der Waals surface area contributed by atoms with E-state index >= 15 is 0 Å². The van der Waals surface area contributed by atoms with Crippen LogP contribution in [0.3, 0.4) is 0 Å². The SMILES string of the molecule is Cc1c(C(N)c2ccc(Cl)s2)oc2ccc(Cl)cc12. The van der Waals surface area contributed by atoms with Crippen molar-refractivity contribution in [2.45, 2.75) is 13.0 Å². The Morgan fingerprint density at radius 3 is 2.68 bits per heavy atom. The van der Waals surface area contributed by atoms with E-state index in [9.17, 15) is 0 Å². The zero-order valence-corrected chi connectivity index (χ0v) is 12.4. The summed E-state index contributed by atoms with van der Waals surface area (Å²) in [7, 11) is 0. The fourth-order valence-corrected chi connectivity index (χ4v) is 3.37. The lowest BCUT2D eigenvalue weighted by atomic mass is 10.1. The summed E-state index contributed by atoms with van der Waals surface area (Å²) in [6.45, 7) is 1.99. The number of benzene rings is 1. The van der Waals surface area contributed by atoms with Gasteiger partial charge in [-0.25, -0.2) is 0 Å². The zero-order valence-electron chi connectivity index (χ0n) is 10.1. The topological polar surface area (TPSA) is 39.2 Å². The van der Waals surface area contributed by atoms with Crippen LogP contribution in [0.4, 0.5) is 0 Å². The van der Waals surface area contributed by atoms with Crippen molar-refractivity contribution < 1.29 is 4.42 Å². The molecule has 0 saturated carbocycles. The summed E-state index contributed by atoms with van der Waals surface area (Å²) in [5.41, 5.74) is 8.08. The number of hydrogen-bond acceptors (Lipinski definition) is 3. The normalized spacial score (nSPS) is 13.1. The molecule has 0 fully saturated rings. The number of hydrogen-bond donors (Lipinski definition) is 1. The minimum atomic E-state index is -0.302. The van der Waals surface area contributed by atoms with Gasteiger partial charge in [0.2, 0.25) is 0 Å². The number of halogens is 2. The monoisotopic (exact) mass is 311 g/mol. The number of fused-ring (bicyclic) bond motifs is 1. The number of nitrogens with two attached hydrogens (primary N) is 1. The van der Waals surface area contributed by atoms with E-state index < -0.39 is 0 Å². The Bertz CT molecular complexity index is 747. The molecule has 0 spiro atoms. The summed E-state index contributed by atoms with van der Waals surface area (Å²) in [4.78, 5) is 0.984. The standard InChI is InChI=1S/C14H11Cl2NOS/c1-7-9-6-8(15)2-3-10(9)18-14(7)13(17)11-4-5-12(16)19-11/h2-6,13H,17H2,1H3. The smallest absolute Gasteiger partial charge is 0.134 e. The van der Waals surface area contributed by atoms with Crippen LogP contribution < -0.4 is 5.73 Å². The summed E-state index contributed by atoms with van der Waals surface area (Å²) in [5.74, 6) is 0.760. The van der Waals surface area contributed by atoms with Crippen LogP contribution >= 0.6 is 34.5 Å². The lowest BCUT2D eigenvalue weighted by Gasteiger charge is -2.07. The van der Waals surface area contributed by atoms with Gasteiger partial charge in [0, 0.05) is 20.8 Å². The second-order valence-corrected chi connectivity index (χ2v) is 6.53. The predicted molar refractivity (Wildman–Crippen MR) is 81.3 cm³/mol. The van der Waals surface area contributed by atoms with Gasteiger partial charge in [-0.05, 0) is 37.3 Å². The van der Waals surface area contributed by atoms with Gasteiger partial charge in [0.1, 0.15) is 11.3 Å². The molecular formula is C14H11Cl2NOS. The lowest BCUT2D eigenvalue weighted by molar-refractivity contribution is 0.524. The molecule has 2 N–H and O–H groups in total. The molecule has 98 valence electrons. The van der Waals surface area contributed by atoms with Crippen LogP contribution in [-0.2, 0) is 0 Å². The van der Waals surface area contributed by atoms with Crippen LogP contribution in [0, 0.1) is 6.92 Å². The molecule has 2 nitrogen and oxygen atoms in total. The Kier molecular flexibility index (Phi) is 3.31. The summed E-state index contributed by atoms with van der Waals surface area (Å²) < 4.78 is 6.58.